The van der Waals surface area contributed by atoms with Crippen LogP contribution in [-0.2, 0) is 6.54 Å². The topological polar surface area (TPSA) is 68.0 Å². The average Bonchev–Trinajstić information content (AvgIpc) is 2.83. The maximum Gasteiger partial charge on any atom is 0.243 e. The number of rotatable bonds is 3. The number of fused-ring (bicyclic) bond motifs is 1. The van der Waals surface area contributed by atoms with Crippen LogP contribution in [0.1, 0.15) is 11.4 Å². The van der Waals surface area contributed by atoms with Gasteiger partial charge in [-0.15, -0.1) is 5.10 Å². The first kappa shape index (κ1) is 12.0. The van der Waals surface area contributed by atoms with E-state index in [0.717, 1.165) is 21.5 Å². The molecule has 19 heavy (non-hydrogen) atoms. The Bertz CT molecular complexity index is 706. The first-order valence-electron chi connectivity index (χ1n) is 5.75. The Morgan fingerprint density at radius 3 is 2.95 bits per heavy atom. The number of pyridine rings is 1. The minimum atomic E-state index is 0.543. The van der Waals surface area contributed by atoms with Crippen molar-refractivity contribution in [2.45, 2.75) is 13.5 Å². The molecule has 96 valence electrons. The number of nitrogens with zero attached hydrogens (tertiary/aromatic N) is 5. The predicted octanol–water partition coefficient (Wildman–Crippen LogP) is 2.20. The quantitative estimate of drug-likeness (QED) is 0.801. The molecule has 6 nitrogen and oxygen atoms in total. The second-order valence-electron chi connectivity index (χ2n) is 4.06. The summed E-state index contributed by atoms with van der Waals surface area (Å²) < 4.78 is 2.62. The highest BCUT2D eigenvalue weighted by atomic mass is 79.9. The van der Waals surface area contributed by atoms with Crippen molar-refractivity contribution in [3.63, 3.8) is 0 Å². The summed E-state index contributed by atoms with van der Waals surface area (Å²) in [6.07, 6.45) is 5.34. The SMILES string of the molecule is Cc1cnc(CNc2nc3c(Br)cccn3n2)cn1. The van der Waals surface area contributed by atoms with Crippen molar-refractivity contribution in [2.75, 3.05) is 5.32 Å². The van der Waals surface area contributed by atoms with Gasteiger partial charge >= 0.3 is 0 Å². The molecule has 0 unspecified atom stereocenters. The maximum absolute atomic E-state index is 4.39. The smallest absolute Gasteiger partial charge is 0.243 e. The molecule has 0 spiro atoms. The Hall–Kier alpha value is -2.02. The summed E-state index contributed by atoms with van der Waals surface area (Å²) in [6, 6.07) is 3.83. The second-order valence-corrected chi connectivity index (χ2v) is 4.92. The third-order valence-electron chi connectivity index (χ3n) is 2.58. The highest BCUT2D eigenvalue weighted by molar-refractivity contribution is 9.10. The minimum Gasteiger partial charge on any atom is -0.347 e. The van der Waals surface area contributed by atoms with Gasteiger partial charge in [-0.3, -0.25) is 9.97 Å². The normalized spacial score (nSPS) is 10.8. The standard InChI is InChI=1S/C12H11BrN6/c1-8-5-15-9(6-14-8)7-16-12-17-11-10(13)3-2-4-19(11)18-12/h2-6H,7H2,1H3,(H,16,18). The van der Waals surface area contributed by atoms with Crippen molar-refractivity contribution in [1.82, 2.24) is 24.6 Å². The zero-order valence-electron chi connectivity index (χ0n) is 10.2. The molecule has 3 rings (SSSR count). The Morgan fingerprint density at radius 2 is 2.21 bits per heavy atom. The molecule has 1 N–H and O–H groups in total. The highest BCUT2D eigenvalue weighted by Gasteiger charge is 2.06. The number of hydrogen-bond acceptors (Lipinski definition) is 5. The number of nitrogens with one attached hydrogen (secondary N) is 1. The van der Waals surface area contributed by atoms with E-state index in [9.17, 15) is 0 Å². The summed E-state index contributed by atoms with van der Waals surface area (Å²) in [7, 11) is 0. The molecule has 0 aromatic carbocycles. The summed E-state index contributed by atoms with van der Waals surface area (Å²) in [5.41, 5.74) is 2.53. The molecule has 3 aromatic heterocycles. The number of anilines is 1. The molecule has 0 aliphatic heterocycles. The van der Waals surface area contributed by atoms with E-state index < -0.39 is 0 Å². The van der Waals surface area contributed by atoms with Crippen molar-refractivity contribution in [3.8, 4) is 0 Å². The first-order valence-corrected chi connectivity index (χ1v) is 6.54. The lowest BCUT2D eigenvalue weighted by Gasteiger charge is -2.00. The summed E-state index contributed by atoms with van der Waals surface area (Å²) >= 11 is 3.44. The lowest BCUT2D eigenvalue weighted by atomic mass is 10.4. The van der Waals surface area contributed by atoms with E-state index in [4.69, 9.17) is 0 Å². The van der Waals surface area contributed by atoms with E-state index in [-0.39, 0.29) is 0 Å². The third kappa shape index (κ3) is 2.55. The van der Waals surface area contributed by atoms with E-state index in [1.54, 1.807) is 16.9 Å². The molecule has 0 aliphatic rings. The van der Waals surface area contributed by atoms with E-state index in [1.165, 1.54) is 0 Å². The molecule has 0 saturated heterocycles. The summed E-state index contributed by atoms with van der Waals surface area (Å²) in [4.78, 5) is 12.9. The molecule has 0 fully saturated rings. The van der Waals surface area contributed by atoms with E-state index >= 15 is 0 Å². The number of hydrogen-bond donors (Lipinski definition) is 1. The molecule has 3 aromatic rings. The van der Waals surface area contributed by atoms with Gasteiger partial charge < -0.3 is 5.32 Å². The molecular formula is C12H11BrN6. The Labute approximate surface area is 118 Å². The Morgan fingerprint density at radius 1 is 1.32 bits per heavy atom. The molecule has 0 saturated carbocycles. The van der Waals surface area contributed by atoms with Crippen LogP contribution in [0.25, 0.3) is 5.65 Å². The lowest BCUT2D eigenvalue weighted by molar-refractivity contribution is 0.930. The fourth-order valence-electron chi connectivity index (χ4n) is 1.63. The van der Waals surface area contributed by atoms with E-state index in [1.807, 2.05) is 25.3 Å². The number of halogens is 1. The van der Waals surface area contributed by atoms with Gasteiger partial charge in [0.2, 0.25) is 5.95 Å². The fourth-order valence-corrected chi connectivity index (χ4v) is 2.05. The van der Waals surface area contributed by atoms with Gasteiger partial charge in [-0.05, 0) is 35.0 Å². The van der Waals surface area contributed by atoms with Crippen LogP contribution in [0.4, 0.5) is 5.95 Å². The number of aromatic nitrogens is 5. The molecule has 7 heteroatoms. The van der Waals surface area contributed by atoms with Crippen LogP contribution in [-0.4, -0.2) is 24.6 Å². The molecule has 0 radical (unpaired) electrons. The zero-order valence-corrected chi connectivity index (χ0v) is 11.8. The predicted molar refractivity (Wildman–Crippen MR) is 74.8 cm³/mol. The Balaban J connectivity index is 1.78. The monoisotopic (exact) mass is 318 g/mol. The van der Waals surface area contributed by atoms with Gasteiger partial charge in [0.1, 0.15) is 0 Å². The molecular weight excluding hydrogens is 308 g/mol. The highest BCUT2D eigenvalue weighted by Crippen LogP contribution is 2.16. The second kappa shape index (κ2) is 4.93. The van der Waals surface area contributed by atoms with Gasteiger partial charge in [0.15, 0.2) is 5.65 Å². The molecule has 0 amide bonds. The van der Waals surface area contributed by atoms with Gasteiger partial charge in [0.25, 0.3) is 0 Å². The van der Waals surface area contributed by atoms with Gasteiger partial charge in [-0.2, -0.15) is 4.98 Å². The van der Waals surface area contributed by atoms with Crippen molar-refractivity contribution < 1.29 is 0 Å². The molecule has 0 aliphatic carbocycles. The van der Waals surface area contributed by atoms with Crippen molar-refractivity contribution in [3.05, 3.63) is 46.6 Å². The van der Waals surface area contributed by atoms with Crippen LogP contribution in [0.5, 0.6) is 0 Å². The van der Waals surface area contributed by atoms with E-state index in [2.05, 4.69) is 41.3 Å². The van der Waals surface area contributed by atoms with Crippen LogP contribution in [0.15, 0.2) is 35.2 Å². The van der Waals surface area contributed by atoms with Crippen LogP contribution in [0, 0.1) is 6.92 Å². The van der Waals surface area contributed by atoms with Gasteiger partial charge in [0.05, 0.1) is 28.6 Å². The minimum absolute atomic E-state index is 0.543. The van der Waals surface area contributed by atoms with Crippen LogP contribution >= 0.6 is 15.9 Å². The van der Waals surface area contributed by atoms with Crippen LogP contribution < -0.4 is 5.32 Å². The van der Waals surface area contributed by atoms with E-state index in [0.29, 0.717) is 12.5 Å². The van der Waals surface area contributed by atoms with Crippen molar-refractivity contribution in [2.24, 2.45) is 0 Å². The molecule has 3 heterocycles. The van der Waals surface area contributed by atoms with Gasteiger partial charge in [-0.25, -0.2) is 4.52 Å². The maximum atomic E-state index is 4.39. The lowest BCUT2D eigenvalue weighted by Crippen LogP contribution is -2.04. The molecule has 0 bridgehead atoms. The van der Waals surface area contributed by atoms with Crippen LogP contribution in [0.3, 0.4) is 0 Å². The number of aryl methyl sites for hydroxylation is 1. The van der Waals surface area contributed by atoms with Gasteiger partial charge in [-0.1, -0.05) is 0 Å². The largest absolute Gasteiger partial charge is 0.347 e. The Kier molecular flexibility index (Phi) is 3.12. The molecule has 0 atom stereocenters. The average molecular weight is 319 g/mol. The summed E-state index contributed by atoms with van der Waals surface area (Å²) in [6.45, 7) is 2.45. The van der Waals surface area contributed by atoms with Crippen molar-refractivity contribution in [1.29, 1.82) is 0 Å². The first-order chi connectivity index (χ1) is 9.22. The summed E-state index contributed by atoms with van der Waals surface area (Å²) in [5, 5.41) is 7.45. The zero-order chi connectivity index (χ0) is 13.2. The third-order valence-corrected chi connectivity index (χ3v) is 3.20. The van der Waals surface area contributed by atoms with Gasteiger partial charge in [0, 0.05) is 12.4 Å². The van der Waals surface area contributed by atoms with Crippen molar-refractivity contribution >= 4 is 27.5 Å². The van der Waals surface area contributed by atoms with Crippen LogP contribution in [0.2, 0.25) is 0 Å². The fraction of sp³-hybridized carbons (Fsp3) is 0.167. The summed E-state index contributed by atoms with van der Waals surface area (Å²) in [5.74, 6) is 0.564.